The van der Waals surface area contributed by atoms with Crippen molar-refractivity contribution in [2.75, 3.05) is 13.1 Å². The number of aryl methyl sites for hydroxylation is 1. The van der Waals surface area contributed by atoms with Crippen molar-refractivity contribution in [1.82, 2.24) is 19.4 Å². The molecule has 3 aliphatic rings. The molecular formula is C30H39N5. The van der Waals surface area contributed by atoms with Gasteiger partial charge in [-0.3, -0.25) is 9.80 Å². The van der Waals surface area contributed by atoms with Gasteiger partial charge in [-0.25, -0.2) is 4.98 Å². The fourth-order valence-electron chi connectivity index (χ4n) is 7.01. The molecule has 184 valence electrons. The van der Waals surface area contributed by atoms with Gasteiger partial charge in [-0.15, -0.1) is 0 Å². The number of benzene rings is 2. The lowest BCUT2D eigenvalue weighted by Crippen LogP contribution is -2.45. The first-order valence-corrected chi connectivity index (χ1v) is 13.5. The molecule has 1 aromatic heterocycles. The second kappa shape index (κ2) is 9.88. The molecule has 0 spiro atoms. The SMILES string of the molecule is Cc1nc2c(n1C1C[C@H]3CC[C@@H](C1)N3CC[C@H](N)c1ccccc1)CN(Cc1ccccc1)CC2. The summed E-state index contributed by atoms with van der Waals surface area (Å²) in [5, 5.41) is 0. The van der Waals surface area contributed by atoms with Crippen LogP contribution < -0.4 is 5.73 Å². The van der Waals surface area contributed by atoms with Crippen LogP contribution in [0.25, 0.3) is 0 Å². The summed E-state index contributed by atoms with van der Waals surface area (Å²) in [6, 6.07) is 23.6. The zero-order valence-corrected chi connectivity index (χ0v) is 21.0. The number of nitrogens with two attached hydrogens (primary N) is 1. The Morgan fingerprint density at radius 1 is 0.943 bits per heavy atom. The molecule has 4 atom stereocenters. The fourth-order valence-corrected chi connectivity index (χ4v) is 7.01. The van der Waals surface area contributed by atoms with E-state index < -0.39 is 0 Å². The molecule has 0 amide bonds. The van der Waals surface area contributed by atoms with Gasteiger partial charge in [-0.1, -0.05) is 60.7 Å². The number of fused-ring (bicyclic) bond motifs is 3. The van der Waals surface area contributed by atoms with Gasteiger partial charge in [0, 0.05) is 56.8 Å². The second-order valence-corrected chi connectivity index (χ2v) is 10.9. The van der Waals surface area contributed by atoms with Crippen LogP contribution in [-0.4, -0.2) is 44.5 Å². The van der Waals surface area contributed by atoms with Crippen molar-refractivity contribution < 1.29 is 0 Å². The highest BCUT2D eigenvalue weighted by Gasteiger charge is 2.42. The highest BCUT2D eigenvalue weighted by atomic mass is 15.3. The molecule has 2 aromatic carbocycles. The summed E-state index contributed by atoms with van der Waals surface area (Å²) < 4.78 is 2.64. The van der Waals surface area contributed by atoms with Gasteiger partial charge in [0.1, 0.15) is 5.82 Å². The fraction of sp³-hybridized carbons (Fsp3) is 0.500. The summed E-state index contributed by atoms with van der Waals surface area (Å²) in [6.45, 7) is 6.49. The van der Waals surface area contributed by atoms with Gasteiger partial charge in [-0.05, 0) is 50.2 Å². The zero-order chi connectivity index (χ0) is 23.8. The third-order valence-corrected chi connectivity index (χ3v) is 8.71. The van der Waals surface area contributed by atoms with Gasteiger partial charge in [0.05, 0.1) is 11.4 Å². The lowest BCUT2D eigenvalue weighted by molar-refractivity contribution is 0.0999. The summed E-state index contributed by atoms with van der Waals surface area (Å²) in [4.78, 5) is 10.4. The Hall–Kier alpha value is -2.47. The lowest BCUT2D eigenvalue weighted by atomic mass is 9.95. The molecule has 0 radical (unpaired) electrons. The minimum absolute atomic E-state index is 0.131. The summed E-state index contributed by atoms with van der Waals surface area (Å²) in [5.74, 6) is 1.22. The van der Waals surface area contributed by atoms with E-state index in [9.17, 15) is 0 Å². The number of rotatable bonds is 7. The number of piperidine rings is 1. The predicted molar refractivity (Wildman–Crippen MR) is 141 cm³/mol. The Balaban J connectivity index is 1.13. The molecular weight excluding hydrogens is 430 g/mol. The largest absolute Gasteiger partial charge is 0.328 e. The maximum atomic E-state index is 6.55. The standard InChI is InChI=1S/C30H39N5/c1-22-32-29-15-16-33(20-23-8-4-2-5-9-23)21-30(29)35(22)27-18-25-12-13-26(19-27)34(25)17-14-28(31)24-10-6-3-7-11-24/h2-11,25-28H,12-21,31H2,1H3/t25-,26+,27?,28-/m0/s1. The van der Waals surface area contributed by atoms with E-state index in [0.29, 0.717) is 18.1 Å². The number of hydrogen-bond donors (Lipinski definition) is 1. The molecule has 35 heavy (non-hydrogen) atoms. The first-order valence-electron chi connectivity index (χ1n) is 13.5. The topological polar surface area (TPSA) is 50.3 Å². The van der Waals surface area contributed by atoms with Gasteiger partial charge in [0.15, 0.2) is 0 Å². The Morgan fingerprint density at radius 3 is 2.34 bits per heavy atom. The van der Waals surface area contributed by atoms with E-state index in [-0.39, 0.29) is 6.04 Å². The van der Waals surface area contributed by atoms with Crippen LogP contribution in [0.5, 0.6) is 0 Å². The van der Waals surface area contributed by atoms with E-state index in [4.69, 9.17) is 10.7 Å². The quantitative estimate of drug-likeness (QED) is 0.529. The number of hydrogen-bond acceptors (Lipinski definition) is 4. The highest BCUT2D eigenvalue weighted by molar-refractivity contribution is 5.23. The van der Waals surface area contributed by atoms with Crippen molar-refractivity contribution >= 4 is 0 Å². The molecule has 2 fully saturated rings. The molecule has 5 heteroatoms. The van der Waals surface area contributed by atoms with Crippen LogP contribution >= 0.6 is 0 Å². The van der Waals surface area contributed by atoms with Crippen molar-refractivity contribution in [2.24, 2.45) is 5.73 Å². The van der Waals surface area contributed by atoms with Crippen molar-refractivity contribution in [3.8, 4) is 0 Å². The Morgan fingerprint density at radius 2 is 1.63 bits per heavy atom. The van der Waals surface area contributed by atoms with E-state index in [1.165, 1.54) is 54.0 Å². The molecule has 4 heterocycles. The van der Waals surface area contributed by atoms with Crippen LogP contribution in [-0.2, 0) is 19.5 Å². The molecule has 3 aromatic rings. The van der Waals surface area contributed by atoms with Gasteiger partial charge >= 0.3 is 0 Å². The van der Waals surface area contributed by atoms with E-state index in [2.05, 4.69) is 82.0 Å². The molecule has 2 N–H and O–H groups in total. The third-order valence-electron chi connectivity index (χ3n) is 8.71. The molecule has 0 aliphatic carbocycles. The summed E-state index contributed by atoms with van der Waals surface area (Å²) >= 11 is 0. The van der Waals surface area contributed by atoms with Gasteiger partial charge < -0.3 is 10.3 Å². The van der Waals surface area contributed by atoms with Crippen LogP contribution in [0.2, 0.25) is 0 Å². The maximum Gasteiger partial charge on any atom is 0.106 e. The molecule has 6 rings (SSSR count). The van der Waals surface area contributed by atoms with Crippen LogP contribution in [0.3, 0.4) is 0 Å². The lowest BCUT2D eigenvalue weighted by Gasteiger charge is -2.41. The van der Waals surface area contributed by atoms with Crippen molar-refractivity contribution in [3.05, 3.63) is 89.0 Å². The van der Waals surface area contributed by atoms with Gasteiger partial charge in [0.2, 0.25) is 0 Å². The third kappa shape index (κ3) is 4.69. The maximum absolute atomic E-state index is 6.55. The molecule has 1 unspecified atom stereocenters. The smallest absolute Gasteiger partial charge is 0.106 e. The van der Waals surface area contributed by atoms with Crippen molar-refractivity contribution in [1.29, 1.82) is 0 Å². The monoisotopic (exact) mass is 469 g/mol. The van der Waals surface area contributed by atoms with Crippen LogP contribution in [0.4, 0.5) is 0 Å². The minimum atomic E-state index is 0.131. The number of aromatic nitrogens is 2. The molecule has 2 saturated heterocycles. The first kappa shape index (κ1) is 23.0. The average Bonchev–Trinajstić information content (AvgIpc) is 3.33. The van der Waals surface area contributed by atoms with Gasteiger partial charge in [0.25, 0.3) is 0 Å². The average molecular weight is 470 g/mol. The highest BCUT2D eigenvalue weighted by Crippen LogP contribution is 2.42. The molecule has 5 nitrogen and oxygen atoms in total. The van der Waals surface area contributed by atoms with E-state index in [1.807, 2.05) is 0 Å². The van der Waals surface area contributed by atoms with Crippen LogP contribution in [0.1, 0.15) is 72.5 Å². The number of nitrogens with zero attached hydrogens (tertiary/aromatic N) is 4. The molecule has 2 bridgehead atoms. The van der Waals surface area contributed by atoms with E-state index >= 15 is 0 Å². The summed E-state index contributed by atoms with van der Waals surface area (Å²) in [5.41, 5.74) is 12.0. The Bertz CT molecular complexity index is 1110. The van der Waals surface area contributed by atoms with E-state index in [1.54, 1.807) is 0 Å². The Labute approximate surface area is 210 Å². The van der Waals surface area contributed by atoms with Crippen LogP contribution in [0, 0.1) is 6.92 Å². The van der Waals surface area contributed by atoms with Crippen molar-refractivity contribution in [3.63, 3.8) is 0 Å². The predicted octanol–water partition coefficient (Wildman–Crippen LogP) is 5.01. The molecule has 3 aliphatic heterocycles. The minimum Gasteiger partial charge on any atom is -0.328 e. The summed E-state index contributed by atoms with van der Waals surface area (Å²) in [7, 11) is 0. The van der Waals surface area contributed by atoms with E-state index in [0.717, 1.165) is 39.0 Å². The molecule has 0 saturated carbocycles. The van der Waals surface area contributed by atoms with Gasteiger partial charge in [-0.2, -0.15) is 0 Å². The van der Waals surface area contributed by atoms with Crippen molar-refractivity contribution in [2.45, 2.75) is 82.7 Å². The zero-order valence-electron chi connectivity index (χ0n) is 21.0. The summed E-state index contributed by atoms with van der Waals surface area (Å²) in [6.07, 6.45) is 7.27. The first-order chi connectivity index (χ1) is 17.2. The number of imidazole rings is 1. The normalized spacial score (nSPS) is 25.5. The Kier molecular flexibility index (Phi) is 6.48. The second-order valence-electron chi connectivity index (χ2n) is 10.9. The van der Waals surface area contributed by atoms with Crippen LogP contribution in [0.15, 0.2) is 60.7 Å².